The lowest BCUT2D eigenvalue weighted by Crippen LogP contribution is -2.08. The van der Waals surface area contributed by atoms with E-state index >= 15 is 0 Å². The molecule has 1 aliphatic carbocycles. The molecule has 0 aliphatic heterocycles. The van der Waals surface area contributed by atoms with Crippen LogP contribution in [-0.4, -0.2) is 12.1 Å². The van der Waals surface area contributed by atoms with E-state index in [2.05, 4.69) is 34.7 Å². The normalized spacial score (nSPS) is 13.1. The Balaban J connectivity index is 2.06. The molecule has 0 fully saturated rings. The van der Waals surface area contributed by atoms with E-state index in [1.807, 2.05) is 24.4 Å². The molecule has 1 aromatic carbocycles. The molecule has 3 nitrogen and oxygen atoms in total. The highest BCUT2D eigenvalue weighted by Crippen LogP contribution is 2.33. The van der Waals surface area contributed by atoms with Crippen LogP contribution in [0.25, 0.3) is 17.0 Å². The van der Waals surface area contributed by atoms with Gasteiger partial charge < -0.3 is 0 Å². The molecule has 0 atom stereocenters. The molecule has 18 heavy (non-hydrogen) atoms. The van der Waals surface area contributed by atoms with Crippen LogP contribution in [0.4, 0.5) is 0 Å². The second kappa shape index (κ2) is 4.63. The van der Waals surface area contributed by atoms with Gasteiger partial charge in [0.1, 0.15) is 0 Å². The highest BCUT2D eigenvalue weighted by Gasteiger charge is 2.18. The molecular weight excluding hydrogens is 224 g/mol. The summed E-state index contributed by atoms with van der Waals surface area (Å²) >= 11 is 0. The molecule has 0 saturated carbocycles. The van der Waals surface area contributed by atoms with Crippen LogP contribution in [0.5, 0.6) is 0 Å². The van der Waals surface area contributed by atoms with Crippen LogP contribution >= 0.6 is 0 Å². The van der Waals surface area contributed by atoms with E-state index in [4.69, 9.17) is 4.84 Å². The Morgan fingerprint density at radius 3 is 2.78 bits per heavy atom. The third-order valence-corrected chi connectivity index (χ3v) is 3.13. The molecule has 0 amide bonds. The predicted molar refractivity (Wildman–Crippen MR) is 71.5 cm³/mol. The van der Waals surface area contributed by atoms with Crippen LogP contribution in [0, 0.1) is 0 Å². The highest BCUT2D eigenvalue weighted by atomic mass is 16.6. The third-order valence-electron chi connectivity index (χ3n) is 3.13. The first-order valence-corrected chi connectivity index (χ1v) is 5.93. The smallest absolute Gasteiger partial charge is 0.0705 e. The second-order valence-electron chi connectivity index (χ2n) is 4.17. The van der Waals surface area contributed by atoms with Crippen LogP contribution in [0.3, 0.4) is 0 Å². The van der Waals surface area contributed by atoms with Gasteiger partial charge in [0.2, 0.25) is 0 Å². The van der Waals surface area contributed by atoms with Crippen molar-refractivity contribution < 1.29 is 4.84 Å². The quantitative estimate of drug-likeness (QED) is 0.835. The molecule has 0 radical (unpaired) electrons. The number of benzene rings is 1. The highest BCUT2D eigenvalue weighted by molar-refractivity contribution is 5.79. The Bertz CT molecular complexity index is 591. The van der Waals surface area contributed by atoms with Crippen molar-refractivity contribution in [2.75, 3.05) is 7.11 Å². The van der Waals surface area contributed by atoms with Crippen molar-refractivity contribution >= 4 is 5.70 Å². The Hall–Kier alpha value is -2.13. The third kappa shape index (κ3) is 1.79. The number of nitrogens with one attached hydrogen (secondary N) is 1. The molecule has 1 heterocycles. The molecular formula is C15H14N2O. The first kappa shape index (κ1) is 11.0. The molecule has 0 unspecified atom stereocenters. The van der Waals surface area contributed by atoms with Gasteiger partial charge in [-0.1, -0.05) is 30.3 Å². The van der Waals surface area contributed by atoms with Gasteiger partial charge in [-0.3, -0.25) is 15.3 Å². The van der Waals surface area contributed by atoms with Crippen LogP contribution in [0.15, 0.2) is 48.7 Å². The maximum absolute atomic E-state index is 4.99. The number of hydrogen-bond donors (Lipinski definition) is 1. The van der Waals surface area contributed by atoms with Gasteiger partial charge >= 0.3 is 0 Å². The van der Waals surface area contributed by atoms with E-state index in [9.17, 15) is 0 Å². The SMILES string of the molecule is CONC1=CCc2c1cccc2-c1ccccn1. The molecule has 3 heteroatoms. The Morgan fingerprint density at radius 1 is 1.11 bits per heavy atom. The Morgan fingerprint density at radius 2 is 2.00 bits per heavy atom. The van der Waals surface area contributed by atoms with Crippen molar-refractivity contribution in [3.8, 4) is 11.3 Å². The number of nitrogens with zero attached hydrogens (tertiary/aromatic N) is 1. The molecule has 90 valence electrons. The average molecular weight is 238 g/mol. The lowest BCUT2D eigenvalue weighted by atomic mass is 9.99. The summed E-state index contributed by atoms with van der Waals surface area (Å²) in [6, 6.07) is 12.3. The average Bonchev–Trinajstić information content (AvgIpc) is 2.84. The van der Waals surface area contributed by atoms with E-state index in [0.717, 1.165) is 17.8 Å². The molecule has 1 aliphatic rings. The standard InChI is InChI=1S/C15H14N2O/c1-18-17-15-9-8-11-12(5-4-6-13(11)15)14-7-2-3-10-16-14/h2-7,9-10,17H,8H2,1H3. The number of aromatic nitrogens is 1. The van der Waals surface area contributed by atoms with Crippen molar-refractivity contribution in [1.82, 2.24) is 10.5 Å². The van der Waals surface area contributed by atoms with Gasteiger partial charge in [0.25, 0.3) is 0 Å². The van der Waals surface area contributed by atoms with Crippen molar-refractivity contribution in [3.05, 3.63) is 59.8 Å². The topological polar surface area (TPSA) is 34.1 Å². The molecule has 1 N–H and O–H groups in total. The zero-order chi connectivity index (χ0) is 12.4. The first-order valence-electron chi connectivity index (χ1n) is 5.93. The van der Waals surface area contributed by atoms with Crippen LogP contribution in [-0.2, 0) is 11.3 Å². The number of rotatable bonds is 3. The second-order valence-corrected chi connectivity index (χ2v) is 4.17. The molecule has 1 aromatic heterocycles. The fourth-order valence-corrected chi connectivity index (χ4v) is 2.34. The summed E-state index contributed by atoms with van der Waals surface area (Å²) in [5.74, 6) is 0. The van der Waals surface area contributed by atoms with E-state index in [-0.39, 0.29) is 0 Å². The van der Waals surface area contributed by atoms with Gasteiger partial charge in [0.15, 0.2) is 0 Å². The number of hydrogen-bond acceptors (Lipinski definition) is 3. The molecule has 0 saturated heterocycles. The van der Waals surface area contributed by atoms with Crippen LogP contribution in [0.1, 0.15) is 11.1 Å². The lowest BCUT2D eigenvalue weighted by Gasteiger charge is -2.10. The largest absolute Gasteiger partial charge is 0.279 e. The summed E-state index contributed by atoms with van der Waals surface area (Å²) in [7, 11) is 1.63. The maximum Gasteiger partial charge on any atom is 0.0705 e. The fourth-order valence-electron chi connectivity index (χ4n) is 2.34. The maximum atomic E-state index is 4.99. The minimum absolute atomic E-state index is 0.910. The molecule has 0 spiro atoms. The van der Waals surface area contributed by atoms with Gasteiger partial charge in [-0.25, -0.2) is 0 Å². The molecule has 3 rings (SSSR count). The van der Waals surface area contributed by atoms with Gasteiger partial charge in [-0.2, -0.15) is 0 Å². The van der Waals surface area contributed by atoms with Crippen molar-refractivity contribution in [3.63, 3.8) is 0 Å². The monoisotopic (exact) mass is 238 g/mol. The van der Waals surface area contributed by atoms with Gasteiger partial charge in [0, 0.05) is 17.3 Å². The van der Waals surface area contributed by atoms with Crippen molar-refractivity contribution in [2.24, 2.45) is 0 Å². The van der Waals surface area contributed by atoms with Crippen molar-refractivity contribution in [1.29, 1.82) is 0 Å². The summed E-state index contributed by atoms with van der Waals surface area (Å²) in [4.78, 5) is 9.42. The summed E-state index contributed by atoms with van der Waals surface area (Å²) in [6.07, 6.45) is 4.87. The zero-order valence-corrected chi connectivity index (χ0v) is 10.2. The zero-order valence-electron chi connectivity index (χ0n) is 10.2. The fraction of sp³-hybridized carbons (Fsp3) is 0.133. The summed E-state index contributed by atoms with van der Waals surface area (Å²) in [6.45, 7) is 0. The van der Waals surface area contributed by atoms with E-state index < -0.39 is 0 Å². The number of fused-ring (bicyclic) bond motifs is 1. The van der Waals surface area contributed by atoms with Gasteiger partial charge in [-0.15, -0.1) is 0 Å². The minimum Gasteiger partial charge on any atom is -0.279 e. The van der Waals surface area contributed by atoms with E-state index in [1.54, 1.807) is 7.11 Å². The van der Waals surface area contributed by atoms with E-state index in [1.165, 1.54) is 16.7 Å². The Labute approximate surface area is 106 Å². The predicted octanol–water partition coefficient (Wildman–Crippen LogP) is 2.80. The number of hydroxylamine groups is 1. The minimum atomic E-state index is 0.910. The van der Waals surface area contributed by atoms with Crippen LogP contribution < -0.4 is 5.48 Å². The van der Waals surface area contributed by atoms with E-state index in [0.29, 0.717) is 0 Å². The summed E-state index contributed by atoms with van der Waals surface area (Å²) in [5.41, 5.74) is 8.66. The lowest BCUT2D eigenvalue weighted by molar-refractivity contribution is 0.137. The van der Waals surface area contributed by atoms with Crippen molar-refractivity contribution in [2.45, 2.75) is 6.42 Å². The number of allylic oxidation sites excluding steroid dienone is 1. The van der Waals surface area contributed by atoms with Gasteiger partial charge in [-0.05, 0) is 24.1 Å². The molecule has 2 aromatic rings. The summed E-state index contributed by atoms with van der Waals surface area (Å²) < 4.78 is 0. The first-order chi connectivity index (χ1) is 8.90. The van der Waals surface area contributed by atoms with Crippen LogP contribution in [0.2, 0.25) is 0 Å². The Kier molecular flexibility index (Phi) is 2.82. The summed E-state index contributed by atoms with van der Waals surface area (Å²) in [5, 5.41) is 0. The molecule has 0 bridgehead atoms. The number of pyridine rings is 1. The van der Waals surface area contributed by atoms with Gasteiger partial charge in [0.05, 0.1) is 18.5 Å².